The van der Waals surface area contributed by atoms with Crippen LogP contribution in [0, 0.1) is 5.92 Å². The molecular formula is C26H41ClN2O5S. The van der Waals surface area contributed by atoms with Crippen molar-refractivity contribution in [2.45, 2.75) is 89.9 Å². The van der Waals surface area contributed by atoms with E-state index in [1.807, 2.05) is 51.7 Å². The topological polar surface area (TPSA) is 83.1 Å². The summed E-state index contributed by atoms with van der Waals surface area (Å²) in [5, 5.41) is 0.678. The van der Waals surface area contributed by atoms with Crippen molar-refractivity contribution in [1.82, 2.24) is 9.62 Å². The molecule has 2 saturated heterocycles. The molecule has 35 heavy (non-hydrogen) atoms. The van der Waals surface area contributed by atoms with Gasteiger partial charge in [-0.05, 0) is 77.0 Å². The van der Waals surface area contributed by atoms with Crippen molar-refractivity contribution >= 4 is 28.9 Å². The summed E-state index contributed by atoms with van der Waals surface area (Å²) in [6, 6.07) is 3.72. The van der Waals surface area contributed by atoms with Gasteiger partial charge in [0.05, 0.1) is 19.8 Å². The average Bonchev–Trinajstić information content (AvgIpc) is 3.15. The Morgan fingerprint density at radius 3 is 2.37 bits per heavy atom. The molecule has 2 aliphatic rings. The maximum atomic E-state index is 13.2. The third-order valence-electron chi connectivity index (χ3n) is 6.70. The van der Waals surface area contributed by atoms with E-state index in [9.17, 15) is 9.35 Å². The van der Waals surface area contributed by atoms with Crippen LogP contribution in [0.3, 0.4) is 0 Å². The summed E-state index contributed by atoms with van der Waals surface area (Å²) >= 11 is 5.39. The molecule has 0 bridgehead atoms. The smallest absolute Gasteiger partial charge is 0.254 e. The summed E-state index contributed by atoms with van der Waals surface area (Å²) in [5.41, 5.74) is 1.92. The second kappa shape index (κ2) is 11.2. The highest BCUT2D eigenvalue weighted by Crippen LogP contribution is 2.41. The van der Waals surface area contributed by atoms with Gasteiger partial charge in [0.25, 0.3) is 5.91 Å². The van der Waals surface area contributed by atoms with E-state index in [1.165, 1.54) is 0 Å². The van der Waals surface area contributed by atoms with Crippen molar-refractivity contribution in [2.75, 3.05) is 26.8 Å². The lowest BCUT2D eigenvalue weighted by atomic mass is 9.84. The van der Waals surface area contributed by atoms with Crippen molar-refractivity contribution in [3.63, 3.8) is 0 Å². The van der Waals surface area contributed by atoms with E-state index in [1.54, 1.807) is 7.11 Å². The highest BCUT2D eigenvalue weighted by molar-refractivity contribution is 7.90. The number of carbonyl (C=O) groups excluding carboxylic acids is 1. The van der Waals surface area contributed by atoms with Gasteiger partial charge in [-0.1, -0.05) is 25.4 Å². The number of hydrogen-bond acceptors (Lipinski definition) is 6. The Labute approximate surface area is 218 Å². The SMILES string of the molecule is COc1cc(C(C)C)c(Cl)cc1C(N[S@@+]([O-])C(C)(C)C)C1CCN(C(=O)[C@H]2COC(C)(C)O2)CC1. The van der Waals surface area contributed by atoms with E-state index in [0.717, 1.165) is 29.7 Å². The van der Waals surface area contributed by atoms with E-state index in [0.29, 0.717) is 18.1 Å². The van der Waals surface area contributed by atoms with Gasteiger partial charge < -0.3 is 23.7 Å². The van der Waals surface area contributed by atoms with Gasteiger partial charge in [0.2, 0.25) is 0 Å². The molecule has 7 nitrogen and oxygen atoms in total. The van der Waals surface area contributed by atoms with Crippen LogP contribution < -0.4 is 9.46 Å². The monoisotopic (exact) mass is 528 g/mol. The number of rotatable bonds is 7. The van der Waals surface area contributed by atoms with Crippen LogP contribution in [0.15, 0.2) is 12.1 Å². The maximum absolute atomic E-state index is 13.2. The zero-order valence-corrected chi connectivity index (χ0v) is 23.8. The fourth-order valence-corrected chi connectivity index (χ4v) is 5.91. The molecule has 0 radical (unpaired) electrons. The molecule has 0 aromatic heterocycles. The Bertz CT molecular complexity index is 896. The molecule has 0 saturated carbocycles. The number of halogens is 1. The quantitative estimate of drug-likeness (QED) is 0.504. The first kappa shape index (κ1) is 28.5. The van der Waals surface area contributed by atoms with Crippen LogP contribution in [0.4, 0.5) is 0 Å². The maximum Gasteiger partial charge on any atom is 0.254 e. The molecule has 198 valence electrons. The van der Waals surface area contributed by atoms with Crippen LogP contribution in [0.5, 0.6) is 5.75 Å². The number of piperidine rings is 1. The Hall–Kier alpha value is -1.03. The molecular weight excluding hydrogens is 488 g/mol. The summed E-state index contributed by atoms with van der Waals surface area (Å²) in [7, 11) is 1.65. The van der Waals surface area contributed by atoms with Gasteiger partial charge in [0.1, 0.15) is 10.5 Å². The van der Waals surface area contributed by atoms with Gasteiger partial charge in [-0.2, -0.15) is 0 Å². The van der Waals surface area contributed by atoms with E-state index in [-0.39, 0.29) is 30.4 Å². The Morgan fingerprint density at radius 1 is 1.26 bits per heavy atom. The average molecular weight is 529 g/mol. The third kappa shape index (κ3) is 6.84. The van der Waals surface area contributed by atoms with Crippen molar-refractivity contribution in [2.24, 2.45) is 5.92 Å². The first-order valence-electron chi connectivity index (χ1n) is 12.4. The van der Waals surface area contributed by atoms with Gasteiger partial charge in [-0.15, -0.1) is 4.72 Å². The third-order valence-corrected chi connectivity index (χ3v) is 8.61. The number of nitrogens with one attached hydrogen (secondary N) is 1. The standard InChI is InChI=1S/C26H41ClN2O5S/c1-16(2)18-14-21(32-8)19(13-20(18)27)23(28-35(31)25(3,4)5)17-9-11-29(12-10-17)24(30)22-15-33-26(6,7)34-22/h13-14,16-17,22-23,28H,9-12,15H2,1-8H3/t22-,23?,35+/m1/s1. The summed E-state index contributed by atoms with van der Waals surface area (Å²) in [5.74, 6) is 0.374. The van der Waals surface area contributed by atoms with Crippen LogP contribution in [-0.2, 0) is 25.6 Å². The Balaban J connectivity index is 1.83. The molecule has 1 amide bonds. The van der Waals surface area contributed by atoms with Crippen molar-refractivity contribution in [3.05, 3.63) is 28.3 Å². The predicted octanol–water partition coefficient (Wildman–Crippen LogP) is 4.96. The van der Waals surface area contributed by atoms with E-state index in [4.69, 9.17) is 25.8 Å². The molecule has 1 N–H and O–H groups in total. The van der Waals surface area contributed by atoms with Gasteiger partial charge in [0, 0.05) is 35.0 Å². The number of benzene rings is 1. The van der Waals surface area contributed by atoms with Gasteiger partial charge >= 0.3 is 0 Å². The van der Waals surface area contributed by atoms with Gasteiger partial charge in [-0.25, -0.2) is 0 Å². The minimum Gasteiger partial charge on any atom is -0.598 e. The second-order valence-corrected chi connectivity index (χ2v) is 13.6. The number of hydrogen-bond donors (Lipinski definition) is 1. The summed E-state index contributed by atoms with van der Waals surface area (Å²) in [6.45, 7) is 15.2. The Kier molecular flexibility index (Phi) is 9.09. The number of methoxy groups -OCH3 is 1. The minimum absolute atomic E-state index is 0.0290. The zero-order chi connectivity index (χ0) is 26.1. The van der Waals surface area contributed by atoms with Gasteiger partial charge in [0.15, 0.2) is 11.9 Å². The molecule has 0 aliphatic carbocycles. The highest BCUT2D eigenvalue weighted by Gasteiger charge is 2.41. The second-order valence-electron chi connectivity index (χ2n) is 11.2. The van der Waals surface area contributed by atoms with Crippen LogP contribution in [0.2, 0.25) is 5.02 Å². The lowest BCUT2D eigenvalue weighted by molar-refractivity contribution is -0.161. The van der Waals surface area contributed by atoms with Crippen LogP contribution >= 0.6 is 11.6 Å². The normalized spacial score (nSPS) is 22.9. The first-order chi connectivity index (χ1) is 16.2. The molecule has 2 heterocycles. The number of carbonyl (C=O) groups is 1. The summed E-state index contributed by atoms with van der Waals surface area (Å²) in [6.07, 6.45) is 0.953. The summed E-state index contributed by atoms with van der Waals surface area (Å²) in [4.78, 5) is 14.9. The van der Waals surface area contributed by atoms with Crippen LogP contribution in [-0.4, -0.2) is 58.8 Å². The fraction of sp³-hybridized carbons (Fsp3) is 0.731. The zero-order valence-electron chi connectivity index (χ0n) is 22.3. The van der Waals surface area contributed by atoms with Crippen molar-refractivity contribution < 1.29 is 23.6 Å². The summed E-state index contributed by atoms with van der Waals surface area (Å²) < 4.78 is 33.3. The van der Waals surface area contributed by atoms with Crippen LogP contribution in [0.25, 0.3) is 0 Å². The van der Waals surface area contributed by atoms with Crippen LogP contribution in [0.1, 0.15) is 84.4 Å². The fourth-order valence-electron chi connectivity index (χ4n) is 4.62. The molecule has 9 heteroatoms. The number of amides is 1. The number of likely N-dealkylation sites (tertiary alicyclic amines) is 1. The highest BCUT2D eigenvalue weighted by atomic mass is 35.5. The molecule has 1 aromatic rings. The van der Waals surface area contributed by atoms with Crippen molar-refractivity contribution in [1.29, 1.82) is 0 Å². The number of ether oxygens (including phenoxy) is 3. The molecule has 2 fully saturated rings. The van der Waals surface area contributed by atoms with E-state index >= 15 is 0 Å². The lowest BCUT2D eigenvalue weighted by Gasteiger charge is -2.38. The molecule has 0 spiro atoms. The van der Waals surface area contributed by atoms with E-state index in [2.05, 4.69) is 18.6 Å². The molecule has 1 aromatic carbocycles. The predicted molar refractivity (Wildman–Crippen MR) is 140 cm³/mol. The molecule has 3 atom stereocenters. The largest absolute Gasteiger partial charge is 0.598 e. The Morgan fingerprint density at radius 2 is 1.89 bits per heavy atom. The molecule has 1 unspecified atom stereocenters. The number of nitrogens with zero attached hydrogens (tertiary/aromatic N) is 1. The lowest BCUT2D eigenvalue weighted by Crippen LogP contribution is -2.48. The van der Waals surface area contributed by atoms with E-state index < -0.39 is 28.0 Å². The first-order valence-corrected chi connectivity index (χ1v) is 13.9. The molecule has 3 rings (SSSR count). The van der Waals surface area contributed by atoms with Crippen molar-refractivity contribution in [3.8, 4) is 5.75 Å². The van der Waals surface area contributed by atoms with Gasteiger partial charge in [-0.3, -0.25) is 4.79 Å². The molecule has 2 aliphatic heterocycles. The minimum atomic E-state index is -1.29.